The highest BCUT2D eigenvalue weighted by molar-refractivity contribution is 5.01. The van der Waals surface area contributed by atoms with Crippen molar-refractivity contribution in [2.24, 2.45) is 10.8 Å². The molecule has 0 atom stereocenters. The standard InChI is InChI=1S/C14H28O2/c1-5-13(6-2,11-15)14(16)9-7-12(3,4)8-10-14/h15-16H,5-11H2,1-4H3. The quantitative estimate of drug-likeness (QED) is 0.776. The van der Waals surface area contributed by atoms with Crippen LogP contribution in [0.3, 0.4) is 0 Å². The highest BCUT2D eigenvalue weighted by Gasteiger charge is 2.50. The first-order valence-corrected chi connectivity index (χ1v) is 6.68. The summed E-state index contributed by atoms with van der Waals surface area (Å²) >= 11 is 0. The van der Waals surface area contributed by atoms with Crippen LogP contribution in [0.2, 0.25) is 0 Å². The molecule has 1 saturated carbocycles. The van der Waals surface area contributed by atoms with Gasteiger partial charge in [0.15, 0.2) is 0 Å². The Hall–Kier alpha value is -0.0800. The number of aliphatic hydroxyl groups excluding tert-OH is 1. The Kier molecular flexibility index (Phi) is 4.07. The zero-order valence-electron chi connectivity index (χ0n) is 11.3. The van der Waals surface area contributed by atoms with E-state index in [9.17, 15) is 10.2 Å². The van der Waals surface area contributed by atoms with Gasteiger partial charge in [0.25, 0.3) is 0 Å². The fraction of sp³-hybridized carbons (Fsp3) is 1.00. The van der Waals surface area contributed by atoms with Crippen LogP contribution < -0.4 is 0 Å². The fourth-order valence-corrected chi connectivity index (χ4v) is 3.15. The van der Waals surface area contributed by atoms with Crippen LogP contribution in [0.1, 0.15) is 66.2 Å². The van der Waals surface area contributed by atoms with Gasteiger partial charge in [0.05, 0.1) is 12.2 Å². The molecule has 96 valence electrons. The normalized spacial score (nSPS) is 24.4. The van der Waals surface area contributed by atoms with E-state index in [1.807, 2.05) is 0 Å². The third-order valence-electron chi connectivity index (χ3n) is 5.07. The largest absolute Gasteiger partial charge is 0.396 e. The molecule has 0 aliphatic heterocycles. The summed E-state index contributed by atoms with van der Waals surface area (Å²) in [5.74, 6) is 0. The Labute approximate surface area is 100 Å². The lowest BCUT2D eigenvalue weighted by Crippen LogP contribution is -2.53. The SMILES string of the molecule is CCC(CC)(CO)C1(O)CCC(C)(C)CC1. The van der Waals surface area contributed by atoms with Crippen LogP contribution >= 0.6 is 0 Å². The fourth-order valence-electron chi connectivity index (χ4n) is 3.15. The zero-order chi connectivity index (χ0) is 12.4. The summed E-state index contributed by atoms with van der Waals surface area (Å²) in [5, 5.41) is 20.5. The van der Waals surface area contributed by atoms with Crippen molar-refractivity contribution in [3.63, 3.8) is 0 Å². The molecule has 0 bridgehead atoms. The molecule has 2 nitrogen and oxygen atoms in total. The highest BCUT2D eigenvalue weighted by atomic mass is 16.3. The predicted octanol–water partition coefficient (Wildman–Crippen LogP) is 3.12. The van der Waals surface area contributed by atoms with Crippen molar-refractivity contribution >= 4 is 0 Å². The van der Waals surface area contributed by atoms with Crippen molar-refractivity contribution in [3.05, 3.63) is 0 Å². The average Bonchev–Trinajstić information content (AvgIpc) is 2.26. The average molecular weight is 228 g/mol. The van der Waals surface area contributed by atoms with E-state index in [-0.39, 0.29) is 12.0 Å². The molecule has 1 rings (SSSR count). The van der Waals surface area contributed by atoms with Crippen LogP contribution in [0.4, 0.5) is 0 Å². The molecule has 0 unspecified atom stereocenters. The Balaban J connectivity index is 2.85. The highest BCUT2D eigenvalue weighted by Crippen LogP contribution is 2.50. The minimum absolute atomic E-state index is 0.108. The predicted molar refractivity (Wildman–Crippen MR) is 67.3 cm³/mol. The van der Waals surface area contributed by atoms with Crippen molar-refractivity contribution in [1.29, 1.82) is 0 Å². The minimum atomic E-state index is -0.652. The summed E-state index contributed by atoms with van der Waals surface area (Å²) in [7, 11) is 0. The molecule has 16 heavy (non-hydrogen) atoms. The smallest absolute Gasteiger partial charge is 0.0725 e. The summed E-state index contributed by atoms with van der Waals surface area (Å²) in [5.41, 5.74) is -0.584. The second-order valence-corrected chi connectivity index (χ2v) is 6.34. The lowest BCUT2D eigenvalue weighted by atomic mass is 9.59. The van der Waals surface area contributed by atoms with E-state index in [1.165, 1.54) is 0 Å². The van der Waals surface area contributed by atoms with Gasteiger partial charge in [0.2, 0.25) is 0 Å². The molecule has 0 saturated heterocycles. The molecule has 2 N–H and O–H groups in total. The number of hydrogen-bond donors (Lipinski definition) is 2. The van der Waals surface area contributed by atoms with Gasteiger partial charge in [0, 0.05) is 5.41 Å². The molecule has 0 heterocycles. The van der Waals surface area contributed by atoms with Gasteiger partial charge >= 0.3 is 0 Å². The van der Waals surface area contributed by atoms with E-state index in [2.05, 4.69) is 27.7 Å². The molecule has 2 heteroatoms. The van der Waals surface area contributed by atoms with E-state index in [1.54, 1.807) is 0 Å². The molecular weight excluding hydrogens is 200 g/mol. The minimum Gasteiger partial charge on any atom is -0.396 e. The van der Waals surface area contributed by atoms with Crippen LogP contribution in [0, 0.1) is 10.8 Å². The third-order valence-corrected chi connectivity index (χ3v) is 5.07. The first-order valence-electron chi connectivity index (χ1n) is 6.68. The van der Waals surface area contributed by atoms with Gasteiger partial charge in [-0.05, 0) is 43.9 Å². The number of aliphatic hydroxyl groups is 2. The summed E-state index contributed by atoms with van der Waals surface area (Å²) in [6.45, 7) is 8.81. The maximum Gasteiger partial charge on any atom is 0.0725 e. The van der Waals surface area contributed by atoms with Crippen molar-refractivity contribution in [2.45, 2.75) is 71.8 Å². The van der Waals surface area contributed by atoms with E-state index < -0.39 is 5.60 Å². The molecule has 0 aromatic rings. The molecule has 0 aromatic carbocycles. The molecule has 1 aliphatic carbocycles. The second-order valence-electron chi connectivity index (χ2n) is 6.34. The van der Waals surface area contributed by atoms with Gasteiger partial charge in [-0.25, -0.2) is 0 Å². The maximum absolute atomic E-state index is 10.9. The van der Waals surface area contributed by atoms with Crippen LogP contribution in [0.5, 0.6) is 0 Å². The lowest BCUT2D eigenvalue weighted by Gasteiger charge is -2.51. The monoisotopic (exact) mass is 228 g/mol. The first kappa shape index (κ1) is 14.0. The Bertz CT molecular complexity index is 211. The molecule has 1 fully saturated rings. The van der Waals surface area contributed by atoms with E-state index >= 15 is 0 Å². The summed E-state index contributed by atoms with van der Waals surface area (Å²) in [4.78, 5) is 0. The molecule has 0 radical (unpaired) electrons. The topological polar surface area (TPSA) is 40.5 Å². The van der Waals surface area contributed by atoms with Crippen molar-refractivity contribution in [1.82, 2.24) is 0 Å². The first-order chi connectivity index (χ1) is 7.35. The summed E-state index contributed by atoms with van der Waals surface area (Å²) < 4.78 is 0. The summed E-state index contributed by atoms with van der Waals surface area (Å²) in [6, 6.07) is 0. The lowest BCUT2D eigenvalue weighted by molar-refractivity contribution is -0.147. The molecule has 0 aromatic heterocycles. The van der Waals surface area contributed by atoms with Gasteiger partial charge in [-0.15, -0.1) is 0 Å². The third kappa shape index (κ3) is 2.28. The molecule has 0 spiro atoms. The van der Waals surface area contributed by atoms with Gasteiger partial charge in [-0.1, -0.05) is 27.7 Å². The molecule has 0 amide bonds. The molecule has 1 aliphatic rings. The van der Waals surface area contributed by atoms with Crippen LogP contribution in [0.15, 0.2) is 0 Å². The zero-order valence-corrected chi connectivity index (χ0v) is 11.3. The van der Waals surface area contributed by atoms with Gasteiger partial charge in [-0.2, -0.15) is 0 Å². The number of hydrogen-bond acceptors (Lipinski definition) is 2. The Morgan fingerprint density at radius 2 is 1.44 bits per heavy atom. The van der Waals surface area contributed by atoms with Crippen LogP contribution in [-0.2, 0) is 0 Å². The van der Waals surface area contributed by atoms with E-state index in [0.29, 0.717) is 5.41 Å². The van der Waals surface area contributed by atoms with Crippen molar-refractivity contribution in [2.75, 3.05) is 6.61 Å². The Morgan fingerprint density at radius 1 is 1.00 bits per heavy atom. The van der Waals surface area contributed by atoms with Gasteiger partial charge in [0.1, 0.15) is 0 Å². The van der Waals surface area contributed by atoms with Crippen molar-refractivity contribution < 1.29 is 10.2 Å². The van der Waals surface area contributed by atoms with E-state index in [4.69, 9.17) is 0 Å². The second kappa shape index (κ2) is 4.66. The Morgan fingerprint density at radius 3 is 1.75 bits per heavy atom. The van der Waals surface area contributed by atoms with Crippen LogP contribution in [0.25, 0.3) is 0 Å². The van der Waals surface area contributed by atoms with Gasteiger partial charge in [-0.3, -0.25) is 0 Å². The van der Waals surface area contributed by atoms with E-state index in [0.717, 1.165) is 38.5 Å². The van der Waals surface area contributed by atoms with Crippen molar-refractivity contribution in [3.8, 4) is 0 Å². The summed E-state index contributed by atoms with van der Waals surface area (Å²) in [6.07, 6.45) is 5.51. The van der Waals surface area contributed by atoms with Gasteiger partial charge < -0.3 is 10.2 Å². The van der Waals surface area contributed by atoms with Crippen LogP contribution in [-0.4, -0.2) is 22.4 Å². The molecular formula is C14H28O2. The number of rotatable bonds is 4. The maximum atomic E-state index is 10.9.